The van der Waals surface area contributed by atoms with Crippen molar-refractivity contribution in [3.8, 4) is 11.5 Å². The molecule has 6 nitrogen and oxygen atoms in total. The quantitative estimate of drug-likeness (QED) is 0.697. The molecule has 1 saturated heterocycles. The number of nitrogens with zero attached hydrogens (tertiary/aromatic N) is 1. The molecule has 6 heteroatoms. The van der Waals surface area contributed by atoms with Crippen molar-refractivity contribution in [1.82, 2.24) is 4.90 Å². The number of carbonyl (C=O) groups excluding carboxylic acids is 2. The normalized spacial score (nSPS) is 28.0. The summed E-state index contributed by atoms with van der Waals surface area (Å²) >= 11 is 0. The second kappa shape index (κ2) is 8.49. The molecule has 174 valence electrons. The van der Waals surface area contributed by atoms with E-state index in [1.54, 1.807) is 21.1 Å². The number of ether oxygens (including phenoxy) is 3. The smallest absolute Gasteiger partial charge is 0.219 e. The van der Waals surface area contributed by atoms with Crippen LogP contribution < -0.4 is 9.47 Å². The van der Waals surface area contributed by atoms with Gasteiger partial charge >= 0.3 is 0 Å². The van der Waals surface area contributed by atoms with E-state index in [0.29, 0.717) is 31.7 Å². The molecule has 33 heavy (non-hydrogen) atoms. The van der Waals surface area contributed by atoms with Gasteiger partial charge in [0.05, 0.1) is 7.11 Å². The van der Waals surface area contributed by atoms with E-state index in [4.69, 9.17) is 14.2 Å². The first-order valence-corrected chi connectivity index (χ1v) is 11.7. The highest BCUT2D eigenvalue weighted by Gasteiger charge is 2.59. The van der Waals surface area contributed by atoms with Crippen LogP contribution in [0.4, 0.5) is 0 Å². The molecule has 1 unspecified atom stereocenters. The fraction of sp³-hybridized carbons (Fsp3) is 0.481. The average Bonchev–Trinajstić information content (AvgIpc) is 2.82. The van der Waals surface area contributed by atoms with Crippen molar-refractivity contribution in [2.24, 2.45) is 5.92 Å². The number of carbonyl (C=O) groups is 2. The highest BCUT2D eigenvalue weighted by Crippen LogP contribution is 2.59. The lowest BCUT2D eigenvalue weighted by atomic mass is 9.51. The molecule has 2 bridgehead atoms. The number of fused-ring (bicyclic) bond motifs is 1. The molecule has 2 fully saturated rings. The highest BCUT2D eigenvalue weighted by atomic mass is 16.5. The number of amides is 1. The van der Waals surface area contributed by atoms with Crippen molar-refractivity contribution in [2.45, 2.75) is 56.8 Å². The molecule has 0 aromatic heterocycles. The molecule has 2 aliphatic carbocycles. The zero-order valence-corrected chi connectivity index (χ0v) is 19.5. The Balaban J connectivity index is 1.64. The van der Waals surface area contributed by atoms with Gasteiger partial charge in [-0.1, -0.05) is 36.4 Å². The number of likely N-dealkylation sites (tertiary alicyclic amines) is 1. The summed E-state index contributed by atoms with van der Waals surface area (Å²) in [5.74, 6) is 1.79. The molecule has 5 rings (SSSR count). The third-order valence-electron chi connectivity index (χ3n) is 7.96. The summed E-state index contributed by atoms with van der Waals surface area (Å²) < 4.78 is 17.8. The highest BCUT2D eigenvalue weighted by molar-refractivity contribution is 5.87. The monoisotopic (exact) mass is 449 g/mol. The van der Waals surface area contributed by atoms with Gasteiger partial charge in [-0.3, -0.25) is 9.59 Å². The number of rotatable bonds is 5. The third-order valence-corrected chi connectivity index (χ3v) is 7.96. The first-order valence-electron chi connectivity index (χ1n) is 11.7. The van der Waals surface area contributed by atoms with E-state index in [1.165, 1.54) is 0 Å². The first kappa shape index (κ1) is 22.0. The maximum absolute atomic E-state index is 13.2. The second-order valence-electron chi connectivity index (χ2n) is 9.50. The SMILES string of the molecule is COc1ccc2c(c1OCc1ccccc1)[C@]13CCN(C(C)=O)[C@H](C2)[C@@H]1CC(OC)C(=O)C3. The molecule has 2 aromatic rings. The predicted octanol–water partition coefficient (Wildman–Crippen LogP) is 3.68. The number of Topliss-reactive ketones (excluding diaryl/α,β-unsaturated/α-hetero) is 1. The van der Waals surface area contributed by atoms with Crippen LogP contribution in [-0.4, -0.2) is 49.5 Å². The van der Waals surface area contributed by atoms with E-state index < -0.39 is 6.10 Å². The molecule has 1 saturated carbocycles. The van der Waals surface area contributed by atoms with Gasteiger partial charge in [0.2, 0.25) is 5.91 Å². The Hall–Kier alpha value is -2.86. The number of hydrogen-bond donors (Lipinski definition) is 0. The lowest BCUT2D eigenvalue weighted by molar-refractivity contribution is -0.148. The summed E-state index contributed by atoms with van der Waals surface area (Å²) in [5.41, 5.74) is 2.95. The maximum Gasteiger partial charge on any atom is 0.219 e. The fourth-order valence-electron chi connectivity index (χ4n) is 6.49. The van der Waals surface area contributed by atoms with Gasteiger partial charge < -0.3 is 19.1 Å². The van der Waals surface area contributed by atoms with Crippen molar-refractivity contribution in [3.05, 3.63) is 59.2 Å². The standard InChI is InChI=1S/C27H31NO5/c1-17(29)28-12-11-27-15-22(30)24(32-3)14-20(27)21(28)13-19-9-10-23(31-2)26(25(19)27)33-16-18-7-5-4-6-8-18/h4-10,20-21,24H,11-16H2,1-3H3/t20-,21+,24?,27-/m0/s1. The van der Waals surface area contributed by atoms with Crippen LogP contribution in [0.5, 0.6) is 11.5 Å². The Labute approximate surface area is 194 Å². The van der Waals surface area contributed by atoms with E-state index in [-0.39, 0.29) is 29.1 Å². The molecule has 1 aliphatic heterocycles. The van der Waals surface area contributed by atoms with Gasteiger partial charge in [0.1, 0.15) is 12.7 Å². The van der Waals surface area contributed by atoms with Crippen LogP contribution in [0.25, 0.3) is 0 Å². The van der Waals surface area contributed by atoms with E-state index in [2.05, 4.69) is 6.07 Å². The van der Waals surface area contributed by atoms with Crippen LogP contribution in [0, 0.1) is 5.92 Å². The fourth-order valence-corrected chi connectivity index (χ4v) is 6.49. The molecule has 0 radical (unpaired) electrons. The minimum absolute atomic E-state index is 0.0601. The summed E-state index contributed by atoms with van der Waals surface area (Å²) in [4.78, 5) is 27.7. The van der Waals surface area contributed by atoms with Crippen molar-refractivity contribution < 1.29 is 23.8 Å². The van der Waals surface area contributed by atoms with Gasteiger partial charge in [0, 0.05) is 44.0 Å². The Morgan fingerprint density at radius 3 is 2.64 bits per heavy atom. The predicted molar refractivity (Wildman–Crippen MR) is 123 cm³/mol. The molecule has 4 atom stereocenters. The number of hydrogen-bond acceptors (Lipinski definition) is 5. The van der Waals surface area contributed by atoms with Gasteiger partial charge in [0.25, 0.3) is 0 Å². The zero-order chi connectivity index (χ0) is 23.2. The maximum atomic E-state index is 13.2. The van der Waals surface area contributed by atoms with Crippen LogP contribution in [-0.2, 0) is 32.8 Å². The first-order chi connectivity index (χ1) is 16.0. The van der Waals surface area contributed by atoms with Crippen LogP contribution in [0.2, 0.25) is 0 Å². The molecular weight excluding hydrogens is 418 g/mol. The van der Waals surface area contributed by atoms with Crippen molar-refractivity contribution in [3.63, 3.8) is 0 Å². The third kappa shape index (κ3) is 3.52. The summed E-state index contributed by atoms with van der Waals surface area (Å²) in [6, 6.07) is 14.2. The van der Waals surface area contributed by atoms with Gasteiger partial charge in [-0.15, -0.1) is 0 Å². The van der Waals surface area contributed by atoms with Crippen molar-refractivity contribution in [2.75, 3.05) is 20.8 Å². The average molecular weight is 450 g/mol. The van der Waals surface area contributed by atoms with Crippen molar-refractivity contribution >= 4 is 11.7 Å². The molecule has 2 aromatic carbocycles. The summed E-state index contributed by atoms with van der Waals surface area (Å²) in [6.45, 7) is 2.72. The zero-order valence-electron chi connectivity index (χ0n) is 19.5. The van der Waals surface area contributed by atoms with E-state index in [9.17, 15) is 9.59 Å². The van der Waals surface area contributed by atoms with Crippen LogP contribution in [0.1, 0.15) is 42.9 Å². The minimum atomic E-state index is -0.418. The van der Waals surface area contributed by atoms with Crippen LogP contribution >= 0.6 is 0 Å². The molecule has 0 N–H and O–H groups in total. The molecule has 0 spiro atoms. The summed E-state index contributed by atoms with van der Waals surface area (Å²) in [5, 5.41) is 0. The van der Waals surface area contributed by atoms with E-state index in [0.717, 1.165) is 35.3 Å². The lowest BCUT2D eigenvalue weighted by Gasteiger charge is -2.59. The van der Waals surface area contributed by atoms with Crippen LogP contribution in [0.15, 0.2) is 42.5 Å². The molecule has 1 amide bonds. The van der Waals surface area contributed by atoms with E-state index >= 15 is 0 Å². The Morgan fingerprint density at radius 2 is 1.94 bits per heavy atom. The van der Waals surface area contributed by atoms with E-state index in [1.807, 2.05) is 41.3 Å². The lowest BCUT2D eigenvalue weighted by Crippen LogP contribution is -2.64. The molecule has 1 heterocycles. The summed E-state index contributed by atoms with van der Waals surface area (Å²) in [6.07, 6.45) is 2.09. The molecule has 3 aliphatic rings. The van der Waals surface area contributed by atoms with Gasteiger partial charge in [-0.25, -0.2) is 0 Å². The number of ketones is 1. The van der Waals surface area contributed by atoms with Crippen molar-refractivity contribution in [1.29, 1.82) is 0 Å². The van der Waals surface area contributed by atoms with Gasteiger partial charge in [-0.05, 0) is 42.4 Å². The van der Waals surface area contributed by atoms with Gasteiger partial charge in [0.15, 0.2) is 17.3 Å². The minimum Gasteiger partial charge on any atom is -0.493 e. The number of benzene rings is 2. The Kier molecular flexibility index (Phi) is 5.65. The largest absolute Gasteiger partial charge is 0.493 e. The number of piperidine rings is 1. The van der Waals surface area contributed by atoms with Gasteiger partial charge in [-0.2, -0.15) is 0 Å². The summed E-state index contributed by atoms with van der Waals surface area (Å²) in [7, 11) is 3.26. The Bertz CT molecular complexity index is 1070. The van der Waals surface area contributed by atoms with Crippen LogP contribution in [0.3, 0.4) is 0 Å². The Morgan fingerprint density at radius 1 is 1.15 bits per heavy atom. The topological polar surface area (TPSA) is 65.1 Å². The number of methoxy groups -OCH3 is 2. The second-order valence-corrected chi connectivity index (χ2v) is 9.50. The molecular formula is C27H31NO5.